The monoisotopic (exact) mass is 306 g/mol. The van der Waals surface area contributed by atoms with Crippen molar-refractivity contribution in [1.29, 1.82) is 0 Å². The second-order valence-corrected chi connectivity index (χ2v) is 5.84. The van der Waals surface area contributed by atoms with Gasteiger partial charge in [-0.2, -0.15) is 0 Å². The number of benzene rings is 1. The summed E-state index contributed by atoms with van der Waals surface area (Å²) in [4.78, 5) is 4.76. The van der Waals surface area contributed by atoms with Gasteiger partial charge in [0.15, 0.2) is 0 Å². The van der Waals surface area contributed by atoms with Gasteiger partial charge in [-0.05, 0) is 56.0 Å². The molecule has 0 aromatic heterocycles. The molecule has 22 heavy (non-hydrogen) atoms. The highest BCUT2D eigenvalue weighted by Crippen LogP contribution is 2.17. The van der Waals surface area contributed by atoms with Gasteiger partial charge in [-0.1, -0.05) is 46.8 Å². The van der Waals surface area contributed by atoms with Crippen LogP contribution in [0.3, 0.4) is 0 Å². The summed E-state index contributed by atoms with van der Waals surface area (Å²) in [6, 6.07) is 8.96. The van der Waals surface area contributed by atoms with E-state index in [1.807, 2.05) is 27.7 Å². The summed E-state index contributed by atoms with van der Waals surface area (Å²) in [5.41, 5.74) is 2.74. The van der Waals surface area contributed by atoms with E-state index in [0.29, 0.717) is 0 Å². The zero-order valence-electron chi connectivity index (χ0n) is 16.0. The maximum atomic E-state index is 2.61. The lowest BCUT2D eigenvalue weighted by Gasteiger charge is -2.30. The summed E-state index contributed by atoms with van der Waals surface area (Å²) in [5.74, 6) is 0.931. The first kappa shape index (κ1) is 21.0. The lowest BCUT2D eigenvalue weighted by molar-refractivity contribution is 0.194. The number of likely N-dealkylation sites (tertiary alicyclic amines) is 1. The summed E-state index contributed by atoms with van der Waals surface area (Å²) in [7, 11) is 4.17. The van der Waals surface area contributed by atoms with Gasteiger partial charge in [-0.3, -0.25) is 0 Å². The molecule has 1 aliphatic heterocycles. The molecular formula is C20H38N2. The van der Waals surface area contributed by atoms with Gasteiger partial charge in [-0.25, -0.2) is 0 Å². The van der Waals surface area contributed by atoms with Crippen molar-refractivity contribution in [2.24, 2.45) is 5.92 Å². The Bertz CT molecular complexity index is 348. The maximum absolute atomic E-state index is 2.61. The highest BCUT2D eigenvalue weighted by atomic mass is 15.1. The summed E-state index contributed by atoms with van der Waals surface area (Å²) >= 11 is 0. The van der Waals surface area contributed by atoms with Crippen LogP contribution in [-0.2, 0) is 6.42 Å². The van der Waals surface area contributed by atoms with Gasteiger partial charge in [0.05, 0.1) is 0 Å². The predicted molar refractivity (Wildman–Crippen MR) is 102 cm³/mol. The van der Waals surface area contributed by atoms with Crippen molar-refractivity contribution in [3.63, 3.8) is 0 Å². The summed E-state index contributed by atoms with van der Waals surface area (Å²) in [5, 5.41) is 0. The summed E-state index contributed by atoms with van der Waals surface area (Å²) in [6.45, 7) is 14.2. The minimum Gasteiger partial charge on any atom is -0.378 e. The van der Waals surface area contributed by atoms with Gasteiger partial charge in [0.2, 0.25) is 0 Å². The van der Waals surface area contributed by atoms with Crippen LogP contribution >= 0.6 is 0 Å². The third-order valence-electron chi connectivity index (χ3n) is 4.05. The van der Waals surface area contributed by atoms with Crippen LogP contribution in [0, 0.1) is 5.92 Å². The Kier molecular flexibility index (Phi) is 11.9. The fourth-order valence-electron chi connectivity index (χ4n) is 2.53. The molecule has 0 radical (unpaired) electrons. The molecule has 2 rings (SSSR count). The van der Waals surface area contributed by atoms with Crippen LogP contribution in [0.1, 0.15) is 53.0 Å². The van der Waals surface area contributed by atoms with Crippen molar-refractivity contribution >= 4 is 5.69 Å². The largest absolute Gasteiger partial charge is 0.378 e. The quantitative estimate of drug-likeness (QED) is 0.765. The molecule has 0 spiro atoms. The molecule has 2 heteroatoms. The van der Waals surface area contributed by atoms with E-state index in [2.05, 4.69) is 55.1 Å². The zero-order chi connectivity index (χ0) is 17.0. The Hall–Kier alpha value is -1.02. The highest BCUT2D eigenvalue weighted by molar-refractivity contribution is 5.46. The van der Waals surface area contributed by atoms with Crippen LogP contribution < -0.4 is 4.90 Å². The number of hydrogen-bond donors (Lipinski definition) is 0. The Morgan fingerprint density at radius 3 is 1.91 bits per heavy atom. The van der Waals surface area contributed by atoms with Crippen LogP contribution in [-0.4, -0.2) is 38.6 Å². The van der Waals surface area contributed by atoms with Gasteiger partial charge < -0.3 is 9.80 Å². The van der Waals surface area contributed by atoms with Crippen molar-refractivity contribution in [1.82, 2.24) is 4.90 Å². The van der Waals surface area contributed by atoms with Gasteiger partial charge in [-0.15, -0.1) is 0 Å². The molecule has 1 aromatic carbocycles. The summed E-state index contributed by atoms with van der Waals surface area (Å²) in [6.07, 6.45) is 3.93. The SMILES string of the molecule is CC.CC.CC1CCN(CCc2ccc(N(C)C)cc2)CC1. The molecule has 2 nitrogen and oxygen atoms in total. The Morgan fingerprint density at radius 1 is 0.955 bits per heavy atom. The standard InChI is InChI=1S/C16H26N2.2C2H6/c1-14-8-11-18(12-9-14)13-10-15-4-6-16(7-5-15)17(2)3;2*1-2/h4-7,14H,8-13H2,1-3H3;2*1-2H3. The van der Waals surface area contributed by atoms with Gasteiger partial charge >= 0.3 is 0 Å². The second-order valence-electron chi connectivity index (χ2n) is 5.84. The van der Waals surface area contributed by atoms with E-state index >= 15 is 0 Å². The lowest BCUT2D eigenvalue weighted by Crippen LogP contribution is -2.34. The van der Waals surface area contributed by atoms with Gasteiger partial charge in [0, 0.05) is 26.3 Å². The van der Waals surface area contributed by atoms with E-state index in [4.69, 9.17) is 0 Å². The number of anilines is 1. The fraction of sp³-hybridized carbons (Fsp3) is 0.700. The first-order chi connectivity index (χ1) is 10.6. The third kappa shape index (κ3) is 7.84. The number of nitrogens with zero attached hydrogens (tertiary/aromatic N) is 2. The maximum Gasteiger partial charge on any atom is 0.0361 e. The first-order valence-electron chi connectivity index (χ1n) is 9.14. The molecule has 1 fully saturated rings. The zero-order valence-corrected chi connectivity index (χ0v) is 16.0. The van der Waals surface area contributed by atoms with Gasteiger partial charge in [0.1, 0.15) is 0 Å². The smallest absolute Gasteiger partial charge is 0.0361 e. The van der Waals surface area contributed by atoms with E-state index in [0.717, 1.165) is 5.92 Å². The molecule has 0 aliphatic carbocycles. The Labute approximate surface area is 139 Å². The lowest BCUT2D eigenvalue weighted by atomic mass is 9.99. The molecule has 1 aromatic rings. The Morgan fingerprint density at radius 2 is 1.45 bits per heavy atom. The first-order valence-corrected chi connectivity index (χ1v) is 9.14. The van der Waals surface area contributed by atoms with E-state index in [1.165, 1.54) is 50.1 Å². The molecule has 0 unspecified atom stereocenters. The summed E-state index contributed by atoms with van der Waals surface area (Å²) < 4.78 is 0. The van der Waals surface area contributed by atoms with Crippen molar-refractivity contribution in [3.05, 3.63) is 29.8 Å². The van der Waals surface area contributed by atoms with Crippen molar-refractivity contribution < 1.29 is 0 Å². The number of hydrogen-bond acceptors (Lipinski definition) is 2. The van der Waals surface area contributed by atoms with Crippen molar-refractivity contribution in [3.8, 4) is 0 Å². The minimum absolute atomic E-state index is 0.931. The molecule has 0 saturated carbocycles. The highest BCUT2D eigenvalue weighted by Gasteiger charge is 2.14. The second kappa shape index (κ2) is 12.5. The van der Waals surface area contributed by atoms with Crippen LogP contribution in [0.5, 0.6) is 0 Å². The molecule has 1 saturated heterocycles. The van der Waals surface area contributed by atoms with E-state index in [1.54, 1.807) is 0 Å². The predicted octanol–water partition coefficient (Wildman–Crippen LogP) is 5.08. The van der Waals surface area contributed by atoms with Crippen LogP contribution in [0.4, 0.5) is 5.69 Å². The molecule has 0 atom stereocenters. The Balaban J connectivity index is 0.00000102. The van der Waals surface area contributed by atoms with E-state index < -0.39 is 0 Å². The molecule has 1 aliphatic rings. The van der Waals surface area contributed by atoms with Crippen molar-refractivity contribution in [2.45, 2.75) is 53.9 Å². The van der Waals surface area contributed by atoms with Gasteiger partial charge in [0.25, 0.3) is 0 Å². The normalized spacial score (nSPS) is 15.2. The fourth-order valence-corrected chi connectivity index (χ4v) is 2.53. The van der Waals surface area contributed by atoms with Crippen LogP contribution in [0.25, 0.3) is 0 Å². The molecule has 0 amide bonds. The number of rotatable bonds is 4. The van der Waals surface area contributed by atoms with E-state index in [9.17, 15) is 0 Å². The molecule has 0 N–H and O–H groups in total. The average Bonchev–Trinajstić information content (AvgIpc) is 2.58. The molecular weight excluding hydrogens is 268 g/mol. The van der Waals surface area contributed by atoms with Crippen LogP contribution in [0.2, 0.25) is 0 Å². The molecule has 128 valence electrons. The molecule has 1 heterocycles. The average molecular weight is 307 g/mol. The van der Waals surface area contributed by atoms with E-state index in [-0.39, 0.29) is 0 Å². The topological polar surface area (TPSA) is 6.48 Å². The minimum atomic E-state index is 0.931. The number of piperidine rings is 1. The molecule has 0 bridgehead atoms. The third-order valence-corrected chi connectivity index (χ3v) is 4.05. The van der Waals surface area contributed by atoms with Crippen molar-refractivity contribution in [2.75, 3.05) is 38.6 Å². The van der Waals surface area contributed by atoms with Crippen LogP contribution in [0.15, 0.2) is 24.3 Å².